The fourth-order valence-corrected chi connectivity index (χ4v) is 4.08. The summed E-state index contributed by atoms with van der Waals surface area (Å²) in [5.41, 5.74) is 4.71. The third-order valence-corrected chi connectivity index (χ3v) is 5.23. The Morgan fingerprint density at radius 3 is 2.76 bits per heavy atom. The molecule has 5 rings (SSSR count). The Labute approximate surface area is 145 Å². The van der Waals surface area contributed by atoms with Gasteiger partial charge in [0.05, 0.1) is 6.04 Å². The van der Waals surface area contributed by atoms with Crippen molar-refractivity contribution in [3.8, 4) is 5.75 Å². The molecule has 122 valence electrons. The Morgan fingerprint density at radius 1 is 1.04 bits per heavy atom. The topological polar surface area (TPSA) is 38.3 Å². The van der Waals surface area contributed by atoms with Crippen molar-refractivity contribution in [1.82, 2.24) is 5.32 Å². The molecule has 0 saturated carbocycles. The molecule has 1 unspecified atom stereocenters. The van der Waals surface area contributed by atoms with Gasteiger partial charge in [-0.05, 0) is 34.9 Å². The summed E-state index contributed by atoms with van der Waals surface area (Å²) >= 11 is 0. The van der Waals surface area contributed by atoms with Crippen LogP contribution in [0.2, 0.25) is 0 Å². The van der Waals surface area contributed by atoms with Crippen LogP contribution in [0, 0.1) is 0 Å². The van der Waals surface area contributed by atoms with Crippen molar-refractivity contribution < 1.29 is 9.53 Å². The summed E-state index contributed by atoms with van der Waals surface area (Å²) in [5.74, 6) is 0.959. The molecule has 1 heterocycles. The van der Waals surface area contributed by atoms with Crippen molar-refractivity contribution in [3.05, 3.63) is 82.9 Å². The van der Waals surface area contributed by atoms with Crippen molar-refractivity contribution in [3.63, 3.8) is 0 Å². The molecule has 1 aliphatic carbocycles. The highest BCUT2D eigenvalue weighted by Crippen LogP contribution is 2.47. The number of carbonyl (C=O) groups is 1. The normalized spacial score (nSPS) is 18.2. The highest BCUT2D eigenvalue weighted by Gasteiger charge is 2.36. The van der Waals surface area contributed by atoms with Gasteiger partial charge in [0.15, 0.2) is 5.78 Å². The van der Waals surface area contributed by atoms with Gasteiger partial charge in [0.25, 0.3) is 0 Å². The summed E-state index contributed by atoms with van der Waals surface area (Å²) in [6.45, 7) is 2.51. The summed E-state index contributed by atoms with van der Waals surface area (Å²) in [7, 11) is 0. The van der Waals surface area contributed by atoms with E-state index in [0.29, 0.717) is 6.73 Å². The number of carbonyl (C=O) groups excluding carboxylic acids is 1. The molecule has 0 bridgehead atoms. The van der Waals surface area contributed by atoms with E-state index in [-0.39, 0.29) is 11.8 Å². The number of allylic oxidation sites excluding steroid dienone is 1. The van der Waals surface area contributed by atoms with Crippen molar-refractivity contribution in [1.29, 1.82) is 0 Å². The van der Waals surface area contributed by atoms with Gasteiger partial charge in [-0.3, -0.25) is 10.1 Å². The molecule has 0 fully saturated rings. The number of hydrogen-bond acceptors (Lipinski definition) is 3. The molecule has 1 atom stereocenters. The summed E-state index contributed by atoms with van der Waals surface area (Å²) in [6.07, 6.45) is 0. The van der Waals surface area contributed by atoms with E-state index in [1.165, 1.54) is 0 Å². The van der Waals surface area contributed by atoms with Crippen molar-refractivity contribution in [2.45, 2.75) is 13.0 Å². The Bertz CT molecular complexity index is 1060. The molecular weight excluding hydrogens is 310 g/mol. The summed E-state index contributed by atoms with van der Waals surface area (Å²) in [4.78, 5) is 13.5. The maximum absolute atomic E-state index is 13.5. The molecule has 0 spiro atoms. The van der Waals surface area contributed by atoms with E-state index in [4.69, 9.17) is 4.74 Å². The molecule has 1 N–H and O–H groups in total. The molecule has 3 heteroatoms. The van der Waals surface area contributed by atoms with Gasteiger partial charge in [0.1, 0.15) is 12.5 Å². The van der Waals surface area contributed by atoms with Crippen LogP contribution >= 0.6 is 0 Å². The number of benzene rings is 3. The molecule has 0 saturated heterocycles. The first-order valence-corrected chi connectivity index (χ1v) is 8.48. The highest BCUT2D eigenvalue weighted by molar-refractivity contribution is 6.34. The maximum atomic E-state index is 13.5. The Morgan fingerprint density at radius 2 is 1.84 bits per heavy atom. The number of Topliss-reactive ketones (excluding diaryl/α,β-unsaturated/α-hetero) is 1. The minimum absolute atomic E-state index is 0.0638. The van der Waals surface area contributed by atoms with E-state index >= 15 is 0 Å². The Hall–Kier alpha value is -2.91. The number of rotatable bonds is 2. The highest BCUT2D eigenvalue weighted by atomic mass is 16.5. The van der Waals surface area contributed by atoms with Gasteiger partial charge in [-0.25, -0.2) is 0 Å². The van der Waals surface area contributed by atoms with Gasteiger partial charge in [0.2, 0.25) is 0 Å². The molecule has 0 aromatic heterocycles. The zero-order valence-corrected chi connectivity index (χ0v) is 13.9. The van der Waals surface area contributed by atoms with E-state index < -0.39 is 0 Å². The average molecular weight is 327 g/mol. The number of fused-ring (bicyclic) bond motifs is 1. The third-order valence-electron chi connectivity index (χ3n) is 5.23. The Balaban J connectivity index is 1.72. The van der Waals surface area contributed by atoms with Crippen molar-refractivity contribution in [2.24, 2.45) is 0 Å². The van der Waals surface area contributed by atoms with Gasteiger partial charge in [-0.2, -0.15) is 0 Å². The predicted molar refractivity (Wildman–Crippen MR) is 98.7 cm³/mol. The fraction of sp³-hybridized carbons (Fsp3) is 0.136. The minimum Gasteiger partial charge on any atom is -0.478 e. The lowest BCUT2D eigenvalue weighted by Crippen LogP contribution is -2.30. The standard InChI is InChI=1S/C22H17NO2/c1-13-19(17-10-5-11-18-20(17)21(13)23-12-25-18)22(24)16-9-4-7-14-6-2-3-8-15(14)16/h2-11,21,23H,12H2,1H3. The van der Waals surface area contributed by atoms with Crippen LogP contribution in [0.5, 0.6) is 5.75 Å². The van der Waals surface area contributed by atoms with Crippen molar-refractivity contribution in [2.75, 3.05) is 6.73 Å². The first kappa shape index (κ1) is 14.4. The smallest absolute Gasteiger partial charge is 0.194 e. The minimum atomic E-state index is 0.0638. The van der Waals surface area contributed by atoms with Crippen LogP contribution in [0.1, 0.15) is 34.5 Å². The van der Waals surface area contributed by atoms with E-state index in [2.05, 4.69) is 5.32 Å². The van der Waals surface area contributed by atoms with E-state index in [1.807, 2.05) is 67.6 Å². The van der Waals surface area contributed by atoms with Crippen LogP contribution < -0.4 is 10.1 Å². The molecule has 3 nitrogen and oxygen atoms in total. The predicted octanol–water partition coefficient (Wildman–Crippen LogP) is 4.49. The van der Waals surface area contributed by atoms with Crippen LogP contribution in [-0.4, -0.2) is 12.5 Å². The lowest BCUT2D eigenvalue weighted by molar-refractivity contribution is 0.105. The first-order valence-electron chi connectivity index (χ1n) is 8.48. The summed E-state index contributed by atoms with van der Waals surface area (Å²) in [5, 5.41) is 5.45. The lowest BCUT2D eigenvalue weighted by Gasteiger charge is -2.25. The van der Waals surface area contributed by atoms with Crippen LogP contribution in [0.15, 0.2) is 66.2 Å². The molecule has 1 aliphatic heterocycles. The molecular formula is C22H17NO2. The largest absolute Gasteiger partial charge is 0.478 e. The SMILES string of the molecule is CC1=C(C(=O)c2cccc3ccccc23)c2cccc3c2C1NCO3. The molecule has 2 aliphatic rings. The average Bonchev–Trinajstić information content (AvgIpc) is 2.95. The second-order valence-electron chi connectivity index (χ2n) is 6.56. The summed E-state index contributed by atoms with van der Waals surface area (Å²) in [6, 6.07) is 20.0. The first-order chi connectivity index (χ1) is 12.3. The molecule has 3 aromatic rings. The van der Waals surface area contributed by atoms with Gasteiger partial charge < -0.3 is 4.74 Å². The van der Waals surface area contributed by atoms with Crippen LogP contribution in [0.3, 0.4) is 0 Å². The second kappa shape index (κ2) is 5.30. The van der Waals surface area contributed by atoms with Crippen LogP contribution in [0.25, 0.3) is 16.3 Å². The molecule has 0 radical (unpaired) electrons. The zero-order valence-electron chi connectivity index (χ0n) is 13.9. The van der Waals surface area contributed by atoms with Gasteiger partial charge in [-0.15, -0.1) is 0 Å². The number of ketones is 1. The Kier molecular flexibility index (Phi) is 3.06. The monoisotopic (exact) mass is 327 g/mol. The number of nitrogens with one attached hydrogen (secondary N) is 1. The van der Waals surface area contributed by atoms with E-state index in [1.54, 1.807) is 0 Å². The van der Waals surface area contributed by atoms with Gasteiger partial charge >= 0.3 is 0 Å². The van der Waals surface area contributed by atoms with Crippen LogP contribution in [0.4, 0.5) is 0 Å². The van der Waals surface area contributed by atoms with E-state index in [0.717, 1.165) is 44.4 Å². The third kappa shape index (κ3) is 1.99. The quantitative estimate of drug-likeness (QED) is 0.705. The molecule has 3 aromatic carbocycles. The van der Waals surface area contributed by atoms with Crippen LogP contribution in [-0.2, 0) is 0 Å². The molecule has 0 amide bonds. The number of hydrogen-bond donors (Lipinski definition) is 1. The zero-order chi connectivity index (χ0) is 17.0. The fourth-order valence-electron chi connectivity index (χ4n) is 4.08. The van der Waals surface area contributed by atoms with Gasteiger partial charge in [0, 0.05) is 16.7 Å². The van der Waals surface area contributed by atoms with Gasteiger partial charge in [-0.1, -0.05) is 54.6 Å². The summed E-state index contributed by atoms with van der Waals surface area (Å²) < 4.78 is 5.72. The number of ether oxygens (including phenoxy) is 1. The van der Waals surface area contributed by atoms with Crippen molar-refractivity contribution >= 4 is 22.1 Å². The lowest BCUT2D eigenvalue weighted by atomic mass is 9.93. The van der Waals surface area contributed by atoms with E-state index in [9.17, 15) is 4.79 Å². The second-order valence-corrected chi connectivity index (χ2v) is 6.56. The molecule has 25 heavy (non-hydrogen) atoms. The maximum Gasteiger partial charge on any atom is 0.194 e.